The summed E-state index contributed by atoms with van der Waals surface area (Å²) in [4.78, 5) is 40.6. The molecule has 0 N–H and O–H groups in total. The first-order chi connectivity index (χ1) is 21.7. The number of nitrogens with zero attached hydrogens (tertiary/aromatic N) is 9. The topological polar surface area (TPSA) is 107 Å². The molecule has 0 atom stereocenters. The van der Waals surface area contributed by atoms with Crippen molar-refractivity contribution in [3.63, 3.8) is 0 Å². The molecule has 9 nitrogen and oxygen atoms in total. The molecule has 7 aromatic rings. The maximum Gasteiger partial charge on any atom is 0.187 e. The van der Waals surface area contributed by atoms with Crippen molar-refractivity contribution in [2.45, 2.75) is 0 Å². The van der Waals surface area contributed by atoms with Gasteiger partial charge in [0.15, 0.2) is 23.2 Å². The Morgan fingerprint density at radius 1 is 0.432 bits per heavy atom. The van der Waals surface area contributed by atoms with Gasteiger partial charge in [-0.25, -0.2) is 19.8 Å². The van der Waals surface area contributed by atoms with Crippen LogP contribution in [-0.2, 0) is 0 Å². The minimum absolute atomic E-state index is 0.437. The summed E-state index contributed by atoms with van der Waals surface area (Å²) in [6.45, 7) is 7.39. The Balaban J connectivity index is 1.38. The van der Waals surface area contributed by atoms with Crippen molar-refractivity contribution in [2.24, 2.45) is 0 Å². The number of hydrogen-bond acceptors (Lipinski definition) is 8. The van der Waals surface area contributed by atoms with Crippen molar-refractivity contribution in [3.05, 3.63) is 140 Å². The maximum absolute atomic E-state index is 7.39. The lowest BCUT2D eigenvalue weighted by atomic mass is 10.0. The fourth-order valence-corrected chi connectivity index (χ4v) is 4.71. The van der Waals surface area contributed by atoms with E-state index in [4.69, 9.17) is 21.5 Å². The third-order valence-corrected chi connectivity index (χ3v) is 6.85. The van der Waals surface area contributed by atoms with Gasteiger partial charge in [-0.15, -0.1) is 0 Å². The highest BCUT2D eigenvalue weighted by atomic mass is 15.0. The number of pyridine rings is 5. The highest BCUT2D eigenvalue weighted by Crippen LogP contribution is 2.30. The lowest BCUT2D eigenvalue weighted by molar-refractivity contribution is 1.06. The summed E-state index contributed by atoms with van der Waals surface area (Å²) in [6.07, 6.45) is 13.9. The van der Waals surface area contributed by atoms with Gasteiger partial charge in [0.1, 0.15) is 0 Å². The molecule has 0 spiro atoms. The molecular formula is C35H21N9. The predicted molar refractivity (Wildman–Crippen MR) is 168 cm³/mol. The highest BCUT2D eigenvalue weighted by molar-refractivity contribution is 5.75. The number of aromatic nitrogens is 8. The van der Waals surface area contributed by atoms with Crippen LogP contribution in [0.4, 0.5) is 5.69 Å². The first kappa shape index (κ1) is 26.4. The van der Waals surface area contributed by atoms with E-state index in [2.05, 4.69) is 29.8 Å². The van der Waals surface area contributed by atoms with Gasteiger partial charge in [-0.3, -0.25) is 24.9 Å². The quantitative estimate of drug-likeness (QED) is 0.191. The molecule has 0 aliphatic rings. The van der Waals surface area contributed by atoms with E-state index in [9.17, 15) is 0 Å². The monoisotopic (exact) mass is 567 g/mol. The molecule has 44 heavy (non-hydrogen) atoms. The van der Waals surface area contributed by atoms with Crippen LogP contribution in [0.1, 0.15) is 0 Å². The van der Waals surface area contributed by atoms with Crippen LogP contribution in [-0.4, -0.2) is 39.9 Å². The summed E-state index contributed by atoms with van der Waals surface area (Å²) in [5.41, 5.74) is 7.66. The zero-order chi connectivity index (χ0) is 29.7. The van der Waals surface area contributed by atoms with E-state index in [1.54, 1.807) is 55.6 Å². The normalized spacial score (nSPS) is 10.7. The van der Waals surface area contributed by atoms with Gasteiger partial charge in [0.25, 0.3) is 0 Å². The summed E-state index contributed by atoms with van der Waals surface area (Å²) in [5.74, 6) is 1.32. The van der Waals surface area contributed by atoms with E-state index < -0.39 is 0 Å². The highest BCUT2D eigenvalue weighted by Gasteiger charge is 2.16. The van der Waals surface area contributed by atoms with Gasteiger partial charge in [0.05, 0.1) is 18.0 Å². The lowest BCUT2D eigenvalue weighted by Gasteiger charge is -2.10. The van der Waals surface area contributed by atoms with Gasteiger partial charge < -0.3 is 0 Å². The van der Waals surface area contributed by atoms with Gasteiger partial charge in [0, 0.05) is 77.4 Å². The molecule has 0 saturated carbocycles. The van der Waals surface area contributed by atoms with Crippen molar-refractivity contribution >= 4 is 5.69 Å². The zero-order valence-corrected chi connectivity index (χ0v) is 23.1. The van der Waals surface area contributed by atoms with Crippen LogP contribution in [0.25, 0.3) is 72.7 Å². The van der Waals surface area contributed by atoms with E-state index >= 15 is 0 Å². The van der Waals surface area contributed by atoms with E-state index in [0.29, 0.717) is 39.9 Å². The second-order valence-electron chi connectivity index (χ2n) is 9.79. The lowest BCUT2D eigenvalue weighted by Crippen LogP contribution is -2.01. The van der Waals surface area contributed by atoms with Crippen LogP contribution in [0.5, 0.6) is 0 Å². The van der Waals surface area contributed by atoms with Crippen LogP contribution in [0.2, 0.25) is 0 Å². The minimum Gasteiger partial charge on any atom is -0.263 e. The van der Waals surface area contributed by atoms with Crippen LogP contribution in [0.3, 0.4) is 0 Å². The molecule has 7 rings (SSSR count). The van der Waals surface area contributed by atoms with E-state index in [1.165, 1.54) is 0 Å². The summed E-state index contributed by atoms with van der Waals surface area (Å²) < 4.78 is 0. The Morgan fingerprint density at radius 3 is 1.39 bits per heavy atom. The largest absolute Gasteiger partial charge is 0.263 e. The van der Waals surface area contributed by atoms with Gasteiger partial charge in [-0.2, -0.15) is 0 Å². The van der Waals surface area contributed by atoms with Crippen LogP contribution >= 0.6 is 0 Å². The third-order valence-electron chi connectivity index (χ3n) is 6.85. The Kier molecular flexibility index (Phi) is 7.05. The summed E-state index contributed by atoms with van der Waals surface area (Å²) in [7, 11) is 0. The fourth-order valence-electron chi connectivity index (χ4n) is 4.71. The zero-order valence-electron chi connectivity index (χ0n) is 23.1. The Morgan fingerprint density at radius 2 is 0.909 bits per heavy atom. The smallest absolute Gasteiger partial charge is 0.187 e. The van der Waals surface area contributed by atoms with Gasteiger partial charge in [0.2, 0.25) is 0 Å². The molecule has 0 aliphatic heterocycles. The van der Waals surface area contributed by atoms with E-state index in [1.807, 2.05) is 72.8 Å². The number of benzene rings is 1. The maximum atomic E-state index is 7.39. The summed E-state index contributed by atoms with van der Waals surface area (Å²) >= 11 is 0. The van der Waals surface area contributed by atoms with Crippen LogP contribution in [0, 0.1) is 6.57 Å². The van der Waals surface area contributed by atoms with Gasteiger partial charge >= 0.3 is 0 Å². The molecule has 0 fully saturated rings. The van der Waals surface area contributed by atoms with Crippen molar-refractivity contribution in [2.75, 3.05) is 0 Å². The molecule has 6 heterocycles. The average molecular weight is 568 g/mol. The predicted octanol–water partition coefficient (Wildman–Crippen LogP) is 7.40. The van der Waals surface area contributed by atoms with Crippen molar-refractivity contribution in [3.8, 4) is 67.8 Å². The number of rotatable bonds is 6. The second kappa shape index (κ2) is 11.8. The summed E-state index contributed by atoms with van der Waals surface area (Å²) in [5, 5.41) is 0. The molecular weight excluding hydrogens is 546 g/mol. The Hall–Kier alpha value is -6.53. The molecule has 0 saturated heterocycles. The van der Waals surface area contributed by atoms with Gasteiger partial charge in [-0.1, -0.05) is 30.3 Å². The molecule has 0 radical (unpaired) electrons. The molecule has 0 bridgehead atoms. The first-order valence-corrected chi connectivity index (χ1v) is 13.7. The van der Waals surface area contributed by atoms with Crippen molar-refractivity contribution in [1.82, 2.24) is 39.9 Å². The molecule has 206 valence electrons. The van der Waals surface area contributed by atoms with Crippen molar-refractivity contribution < 1.29 is 0 Å². The minimum atomic E-state index is 0.437. The van der Waals surface area contributed by atoms with E-state index in [-0.39, 0.29) is 0 Å². The SMILES string of the molecule is [C-]#[N+]c1cccc(-c2cncc(-c3nc(-c4cncc(-c5ccccn5)c4)nc(-c4cncc(-c5ccccn5)c4)n3)c2)c1. The number of hydrogen-bond donors (Lipinski definition) is 0. The third kappa shape index (κ3) is 5.51. The van der Waals surface area contributed by atoms with Crippen molar-refractivity contribution in [1.29, 1.82) is 0 Å². The summed E-state index contributed by atoms with van der Waals surface area (Å²) in [6, 6.07) is 24.8. The molecule has 0 aliphatic carbocycles. The average Bonchev–Trinajstić information content (AvgIpc) is 3.12. The second-order valence-corrected chi connectivity index (χ2v) is 9.79. The van der Waals surface area contributed by atoms with Crippen LogP contribution < -0.4 is 0 Å². The molecule has 6 aromatic heterocycles. The first-order valence-electron chi connectivity index (χ1n) is 13.7. The molecule has 1 aromatic carbocycles. The standard InChI is InChI=1S/C35H21N9/c1-36-30-8-6-7-23(16-30)24-13-27(20-37-17-24)33-42-34(28-14-25(18-38-21-28)31-9-2-4-11-40-31)44-35(43-33)29-15-26(19-39-22-29)32-10-3-5-12-41-32/h2-22H. The fraction of sp³-hybridized carbons (Fsp3) is 0. The molecule has 9 heteroatoms. The Bertz CT molecular complexity index is 2040. The van der Waals surface area contributed by atoms with E-state index in [0.717, 1.165) is 33.6 Å². The molecule has 0 unspecified atom stereocenters. The van der Waals surface area contributed by atoms with Crippen LogP contribution in [0.15, 0.2) is 128 Å². The molecule has 0 amide bonds. The Labute approximate surface area is 252 Å². The van der Waals surface area contributed by atoms with Gasteiger partial charge in [-0.05, 0) is 59.7 Å².